The summed E-state index contributed by atoms with van der Waals surface area (Å²) in [6.07, 6.45) is 0. The van der Waals surface area contributed by atoms with E-state index in [9.17, 15) is 13.2 Å². The number of hydrogen-bond donors (Lipinski definition) is 3. The fraction of sp³-hybridized carbons (Fsp3) is 0.500. The lowest BCUT2D eigenvalue weighted by molar-refractivity contribution is -0.117. The van der Waals surface area contributed by atoms with Crippen molar-refractivity contribution in [3.05, 3.63) is 23.3 Å². The topological polar surface area (TPSA) is 105 Å². The molecule has 1 fully saturated rings. The van der Waals surface area contributed by atoms with Crippen LogP contribution in [0.4, 0.5) is 5.69 Å². The molecule has 1 saturated heterocycles. The van der Waals surface area contributed by atoms with E-state index >= 15 is 0 Å². The number of nitrogens with one attached hydrogen (secondary N) is 2. The second-order valence-electron chi connectivity index (χ2n) is 5.53. The van der Waals surface area contributed by atoms with Crippen LogP contribution in [0, 0.1) is 13.8 Å². The molecule has 1 aromatic rings. The number of carbonyl (C=O) groups is 1. The minimum Gasteiger partial charge on any atom is -0.325 e. The van der Waals surface area contributed by atoms with Crippen molar-refractivity contribution in [3.63, 3.8) is 0 Å². The molecule has 0 spiro atoms. The van der Waals surface area contributed by atoms with Gasteiger partial charge in [-0.3, -0.25) is 9.69 Å². The van der Waals surface area contributed by atoms with Crippen molar-refractivity contribution in [2.75, 3.05) is 38.0 Å². The Morgan fingerprint density at radius 3 is 2.55 bits per heavy atom. The summed E-state index contributed by atoms with van der Waals surface area (Å²) >= 11 is 0. The average Bonchev–Trinajstić information content (AvgIpc) is 2.43. The number of amides is 1. The van der Waals surface area contributed by atoms with Crippen LogP contribution >= 0.6 is 0 Å². The average molecular weight is 326 g/mol. The predicted molar refractivity (Wildman–Crippen MR) is 85.2 cm³/mol. The van der Waals surface area contributed by atoms with E-state index in [2.05, 4.69) is 15.5 Å². The number of hydrogen-bond acceptors (Lipinski definition) is 5. The van der Waals surface area contributed by atoms with Gasteiger partial charge >= 0.3 is 0 Å². The van der Waals surface area contributed by atoms with Gasteiger partial charge in [-0.2, -0.15) is 0 Å². The van der Waals surface area contributed by atoms with Gasteiger partial charge in [0.05, 0.1) is 11.4 Å². The van der Waals surface area contributed by atoms with Crippen LogP contribution in [0.1, 0.15) is 11.1 Å². The summed E-state index contributed by atoms with van der Waals surface area (Å²) in [6, 6.07) is 2.92. The molecule has 7 nitrogen and oxygen atoms in total. The van der Waals surface area contributed by atoms with Gasteiger partial charge in [0.25, 0.3) is 0 Å². The number of anilines is 1. The third kappa shape index (κ3) is 4.26. The zero-order chi connectivity index (χ0) is 16.3. The molecule has 8 heteroatoms. The van der Waals surface area contributed by atoms with Gasteiger partial charge in [0.15, 0.2) is 0 Å². The molecular weight excluding hydrogens is 304 g/mol. The first-order valence-electron chi connectivity index (χ1n) is 7.14. The maximum Gasteiger partial charge on any atom is 0.238 e. The van der Waals surface area contributed by atoms with E-state index in [4.69, 9.17) is 5.14 Å². The molecule has 1 aliphatic rings. The highest BCUT2D eigenvalue weighted by atomic mass is 32.2. The fourth-order valence-electron chi connectivity index (χ4n) is 2.38. The first-order valence-corrected chi connectivity index (χ1v) is 8.69. The van der Waals surface area contributed by atoms with Crippen molar-refractivity contribution in [2.24, 2.45) is 5.14 Å². The number of piperazine rings is 1. The molecule has 1 aromatic carbocycles. The number of sulfonamides is 1. The lowest BCUT2D eigenvalue weighted by Gasteiger charge is -2.26. The number of benzene rings is 1. The van der Waals surface area contributed by atoms with Gasteiger partial charge in [0, 0.05) is 31.9 Å². The molecule has 0 aliphatic carbocycles. The van der Waals surface area contributed by atoms with Crippen LogP contribution in [-0.2, 0) is 14.8 Å². The number of nitrogens with two attached hydrogens (primary N) is 1. The third-order valence-electron chi connectivity index (χ3n) is 3.82. The first-order chi connectivity index (χ1) is 10.3. The van der Waals surface area contributed by atoms with Gasteiger partial charge < -0.3 is 10.6 Å². The lowest BCUT2D eigenvalue weighted by atomic mass is 10.1. The smallest absolute Gasteiger partial charge is 0.238 e. The maximum atomic E-state index is 12.2. The van der Waals surface area contributed by atoms with Gasteiger partial charge in [-0.1, -0.05) is 0 Å². The van der Waals surface area contributed by atoms with E-state index < -0.39 is 10.0 Å². The number of nitrogens with zero attached hydrogens (tertiary/aromatic N) is 1. The third-order valence-corrected chi connectivity index (χ3v) is 4.71. The van der Waals surface area contributed by atoms with Crippen molar-refractivity contribution < 1.29 is 13.2 Å². The number of carbonyl (C=O) groups excluding carboxylic acids is 1. The highest BCUT2D eigenvalue weighted by Crippen LogP contribution is 2.23. The Balaban J connectivity index is 2.14. The quantitative estimate of drug-likeness (QED) is 0.710. The summed E-state index contributed by atoms with van der Waals surface area (Å²) in [5.41, 5.74) is 2.09. The van der Waals surface area contributed by atoms with Crippen molar-refractivity contribution in [2.45, 2.75) is 18.7 Å². The second kappa shape index (κ2) is 6.74. The highest BCUT2D eigenvalue weighted by Gasteiger charge is 2.17. The van der Waals surface area contributed by atoms with Crippen LogP contribution in [0.3, 0.4) is 0 Å². The first kappa shape index (κ1) is 16.9. The Morgan fingerprint density at radius 2 is 1.95 bits per heavy atom. The number of primary sulfonamides is 1. The van der Waals surface area contributed by atoms with E-state index in [1.54, 1.807) is 6.92 Å². The van der Waals surface area contributed by atoms with Crippen molar-refractivity contribution in [1.29, 1.82) is 0 Å². The van der Waals surface area contributed by atoms with Gasteiger partial charge in [0.2, 0.25) is 15.9 Å². The maximum absolute atomic E-state index is 12.2. The summed E-state index contributed by atoms with van der Waals surface area (Å²) in [5, 5.41) is 11.2. The molecule has 2 rings (SSSR count). The van der Waals surface area contributed by atoms with E-state index in [0.29, 0.717) is 12.2 Å². The molecule has 1 heterocycles. The Bertz CT molecular complexity index is 667. The summed E-state index contributed by atoms with van der Waals surface area (Å²) < 4.78 is 23.0. The fourth-order valence-corrected chi connectivity index (χ4v) is 3.01. The SMILES string of the molecule is Cc1cc(S(N)(=O)=O)cc(NC(=O)CN2CCNCC2)c1C. The predicted octanol–water partition coefficient (Wildman–Crippen LogP) is -0.205. The number of rotatable bonds is 4. The lowest BCUT2D eigenvalue weighted by Crippen LogP contribution is -2.46. The largest absolute Gasteiger partial charge is 0.325 e. The molecule has 122 valence electrons. The van der Waals surface area contributed by atoms with E-state index in [-0.39, 0.29) is 10.8 Å². The molecule has 1 amide bonds. The minimum absolute atomic E-state index is 0.00747. The van der Waals surface area contributed by atoms with E-state index in [1.165, 1.54) is 12.1 Å². The van der Waals surface area contributed by atoms with E-state index in [0.717, 1.165) is 37.3 Å². The Morgan fingerprint density at radius 1 is 1.32 bits per heavy atom. The molecule has 4 N–H and O–H groups in total. The minimum atomic E-state index is -3.80. The molecule has 0 radical (unpaired) electrons. The summed E-state index contributed by atoms with van der Waals surface area (Å²) in [4.78, 5) is 14.2. The summed E-state index contributed by atoms with van der Waals surface area (Å²) in [7, 11) is -3.80. The normalized spacial score (nSPS) is 16.5. The Hall–Kier alpha value is -1.48. The van der Waals surface area contributed by atoms with Crippen LogP contribution in [-0.4, -0.2) is 51.9 Å². The van der Waals surface area contributed by atoms with Gasteiger partial charge in [0.1, 0.15) is 0 Å². The van der Waals surface area contributed by atoms with Crippen LogP contribution in [0.25, 0.3) is 0 Å². The van der Waals surface area contributed by atoms with Crippen molar-refractivity contribution in [3.8, 4) is 0 Å². The summed E-state index contributed by atoms with van der Waals surface area (Å²) in [5.74, 6) is -0.157. The van der Waals surface area contributed by atoms with Crippen LogP contribution < -0.4 is 15.8 Å². The molecule has 22 heavy (non-hydrogen) atoms. The Kier molecular flexibility index (Phi) is 5.17. The molecule has 0 atom stereocenters. The van der Waals surface area contributed by atoms with Crippen LogP contribution in [0.2, 0.25) is 0 Å². The monoisotopic (exact) mass is 326 g/mol. The molecular formula is C14H22N4O3S. The highest BCUT2D eigenvalue weighted by molar-refractivity contribution is 7.89. The zero-order valence-electron chi connectivity index (χ0n) is 12.8. The molecule has 0 bridgehead atoms. The van der Waals surface area contributed by atoms with E-state index in [1.807, 2.05) is 6.92 Å². The number of aryl methyl sites for hydroxylation is 1. The van der Waals surface area contributed by atoms with Gasteiger partial charge in [-0.25, -0.2) is 13.6 Å². The standard InChI is InChI=1S/C14H22N4O3S/c1-10-7-12(22(15,20)21)8-13(11(10)2)17-14(19)9-18-5-3-16-4-6-18/h7-8,16H,3-6,9H2,1-2H3,(H,17,19)(H2,15,20,21). The molecule has 1 aliphatic heterocycles. The zero-order valence-corrected chi connectivity index (χ0v) is 13.7. The molecule has 0 unspecified atom stereocenters. The Labute approximate surface area is 130 Å². The van der Waals surface area contributed by atoms with Crippen LogP contribution in [0.15, 0.2) is 17.0 Å². The van der Waals surface area contributed by atoms with Crippen molar-refractivity contribution in [1.82, 2.24) is 10.2 Å². The van der Waals surface area contributed by atoms with Gasteiger partial charge in [-0.05, 0) is 37.1 Å². The van der Waals surface area contributed by atoms with Gasteiger partial charge in [-0.15, -0.1) is 0 Å². The second-order valence-corrected chi connectivity index (χ2v) is 7.09. The molecule has 0 saturated carbocycles. The van der Waals surface area contributed by atoms with Crippen LogP contribution in [0.5, 0.6) is 0 Å². The summed E-state index contributed by atoms with van der Waals surface area (Å²) in [6.45, 7) is 7.29. The van der Waals surface area contributed by atoms with Crippen molar-refractivity contribution >= 4 is 21.6 Å². The molecule has 0 aromatic heterocycles.